The summed E-state index contributed by atoms with van der Waals surface area (Å²) < 4.78 is 58.8. The highest BCUT2D eigenvalue weighted by Gasteiger charge is 2.20. The zero-order chi connectivity index (χ0) is 16.3. The molecule has 2 aromatic carbocycles. The van der Waals surface area contributed by atoms with Gasteiger partial charge >= 0.3 is 0 Å². The summed E-state index contributed by atoms with van der Waals surface area (Å²) in [6.07, 6.45) is 0. The van der Waals surface area contributed by atoms with E-state index in [1.54, 1.807) is 19.1 Å². The molecule has 0 saturated heterocycles. The van der Waals surface area contributed by atoms with Gasteiger partial charge in [-0.05, 0) is 26.0 Å². The Morgan fingerprint density at radius 3 is 2.36 bits per heavy atom. The number of hydrogen-bond donors (Lipinski definition) is 1. The summed E-state index contributed by atoms with van der Waals surface area (Å²) in [5.74, 6) is -2.20. The molecule has 0 fully saturated rings. The van der Waals surface area contributed by atoms with Gasteiger partial charge in [-0.3, -0.25) is 4.72 Å². The van der Waals surface area contributed by atoms with Crippen molar-refractivity contribution in [2.45, 2.75) is 18.7 Å². The van der Waals surface area contributed by atoms with Crippen LogP contribution >= 0.6 is 0 Å². The van der Waals surface area contributed by atoms with Crippen molar-refractivity contribution in [2.75, 3.05) is 11.3 Å². The Kier molecular flexibility index (Phi) is 4.65. The standard InChI is InChI=1S/C15H15F2NO3S/c1-3-21-15-13(17)8-11(16)9-14(15)18-22(19,20)12-6-4-10(2)5-7-12/h4-9,18H,3H2,1-2H3. The maximum Gasteiger partial charge on any atom is 0.262 e. The molecule has 1 N–H and O–H groups in total. The van der Waals surface area contributed by atoms with Crippen molar-refractivity contribution in [3.8, 4) is 5.75 Å². The van der Waals surface area contributed by atoms with E-state index in [1.165, 1.54) is 12.1 Å². The van der Waals surface area contributed by atoms with Gasteiger partial charge < -0.3 is 4.74 Å². The molecule has 118 valence electrons. The Hall–Kier alpha value is -2.15. The molecule has 0 aromatic heterocycles. The fraction of sp³-hybridized carbons (Fsp3) is 0.200. The van der Waals surface area contributed by atoms with Crippen molar-refractivity contribution in [1.29, 1.82) is 0 Å². The molecule has 2 aromatic rings. The highest BCUT2D eigenvalue weighted by Crippen LogP contribution is 2.31. The van der Waals surface area contributed by atoms with Gasteiger partial charge in [-0.25, -0.2) is 17.2 Å². The molecular weight excluding hydrogens is 312 g/mol. The molecular formula is C15H15F2NO3S. The first kappa shape index (κ1) is 16.2. The van der Waals surface area contributed by atoms with Gasteiger partial charge in [-0.2, -0.15) is 0 Å². The minimum absolute atomic E-state index is 0.00906. The lowest BCUT2D eigenvalue weighted by Gasteiger charge is -2.14. The molecule has 0 radical (unpaired) electrons. The van der Waals surface area contributed by atoms with Crippen LogP contribution in [-0.4, -0.2) is 15.0 Å². The van der Waals surface area contributed by atoms with Crippen molar-refractivity contribution < 1.29 is 21.9 Å². The Morgan fingerprint density at radius 2 is 1.77 bits per heavy atom. The maximum absolute atomic E-state index is 13.7. The van der Waals surface area contributed by atoms with Crippen LogP contribution in [0.4, 0.5) is 14.5 Å². The van der Waals surface area contributed by atoms with E-state index >= 15 is 0 Å². The molecule has 0 aliphatic carbocycles. The molecule has 0 amide bonds. The lowest BCUT2D eigenvalue weighted by atomic mass is 10.2. The van der Waals surface area contributed by atoms with Gasteiger partial charge in [0.05, 0.1) is 17.2 Å². The molecule has 7 heteroatoms. The third kappa shape index (κ3) is 3.54. The summed E-state index contributed by atoms with van der Waals surface area (Å²) in [5, 5.41) is 0. The second-order valence-electron chi connectivity index (χ2n) is 4.62. The first-order chi connectivity index (χ1) is 10.3. The molecule has 4 nitrogen and oxygen atoms in total. The van der Waals surface area contributed by atoms with E-state index in [-0.39, 0.29) is 22.9 Å². The first-order valence-corrected chi connectivity index (χ1v) is 8.03. The summed E-state index contributed by atoms with van der Waals surface area (Å²) in [4.78, 5) is -0.00906. The molecule has 2 rings (SSSR count). The van der Waals surface area contributed by atoms with E-state index in [2.05, 4.69) is 4.72 Å². The number of aryl methyl sites for hydroxylation is 1. The van der Waals surface area contributed by atoms with E-state index in [1.807, 2.05) is 6.92 Å². The number of rotatable bonds is 5. The van der Waals surface area contributed by atoms with Crippen LogP contribution in [0.3, 0.4) is 0 Å². The van der Waals surface area contributed by atoms with Crippen molar-refractivity contribution in [1.82, 2.24) is 0 Å². The predicted molar refractivity (Wildman–Crippen MR) is 79.5 cm³/mol. The Bertz CT molecular complexity index is 774. The maximum atomic E-state index is 13.7. The molecule has 0 bridgehead atoms. The molecule has 0 aliphatic heterocycles. The molecule has 0 aliphatic rings. The second-order valence-corrected chi connectivity index (χ2v) is 6.30. The van der Waals surface area contributed by atoms with Gasteiger partial charge in [-0.1, -0.05) is 17.7 Å². The van der Waals surface area contributed by atoms with E-state index in [9.17, 15) is 17.2 Å². The number of benzene rings is 2. The number of nitrogens with one attached hydrogen (secondary N) is 1. The monoisotopic (exact) mass is 327 g/mol. The number of ether oxygens (including phenoxy) is 1. The molecule has 0 unspecified atom stereocenters. The quantitative estimate of drug-likeness (QED) is 0.915. The molecule has 0 spiro atoms. The number of sulfonamides is 1. The number of hydrogen-bond acceptors (Lipinski definition) is 3. The van der Waals surface area contributed by atoms with Gasteiger partial charge in [0.1, 0.15) is 5.82 Å². The Labute approximate surface area is 127 Å². The topological polar surface area (TPSA) is 55.4 Å². The Balaban J connectivity index is 2.43. The lowest BCUT2D eigenvalue weighted by molar-refractivity contribution is 0.322. The minimum atomic E-state index is -3.97. The van der Waals surface area contributed by atoms with Gasteiger partial charge in [0, 0.05) is 12.1 Å². The fourth-order valence-corrected chi connectivity index (χ4v) is 2.90. The highest BCUT2D eigenvalue weighted by molar-refractivity contribution is 7.92. The second kappa shape index (κ2) is 6.31. The average molecular weight is 327 g/mol. The van der Waals surface area contributed by atoms with Crippen LogP contribution in [0.15, 0.2) is 41.3 Å². The smallest absolute Gasteiger partial charge is 0.262 e. The minimum Gasteiger partial charge on any atom is -0.489 e. The van der Waals surface area contributed by atoms with E-state index in [4.69, 9.17) is 4.74 Å². The summed E-state index contributed by atoms with van der Waals surface area (Å²) in [5.41, 5.74) is 0.616. The SMILES string of the molecule is CCOc1c(F)cc(F)cc1NS(=O)(=O)c1ccc(C)cc1. The number of anilines is 1. The average Bonchev–Trinajstić information content (AvgIpc) is 2.42. The normalized spacial score (nSPS) is 11.3. The fourth-order valence-electron chi connectivity index (χ4n) is 1.85. The third-order valence-electron chi connectivity index (χ3n) is 2.87. The Morgan fingerprint density at radius 1 is 1.14 bits per heavy atom. The number of halogens is 2. The molecule has 0 heterocycles. The zero-order valence-corrected chi connectivity index (χ0v) is 12.9. The molecule has 0 atom stereocenters. The van der Waals surface area contributed by atoms with E-state index in [0.717, 1.165) is 11.6 Å². The summed E-state index contributed by atoms with van der Waals surface area (Å²) in [7, 11) is -3.97. The van der Waals surface area contributed by atoms with Crippen molar-refractivity contribution in [2.24, 2.45) is 0 Å². The van der Waals surface area contributed by atoms with Crippen molar-refractivity contribution in [3.63, 3.8) is 0 Å². The van der Waals surface area contributed by atoms with Crippen molar-refractivity contribution in [3.05, 3.63) is 53.6 Å². The summed E-state index contributed by atoms with van der Waals surface area (Å²) in [6, 6.07) is 7.59. The van der Waals surface area contributed by atoms with Crippen LogP contribution in [-0.2, 0) is 10.0 Å². The summed E-state index contributed by atoms with van der Waals surface area (Å²) in [6.45, 7) is 3.54. The third-order valence-corrected chi connectivity index (χ3v) is 4.25. The van der Waals surface area contributed by atoms with Crippen LogP contribution in [0.2, 0.25) is 0 Å². The van der Waals surface area contributed by atoms with E-state index in [0.29, 0.717) is 6.07 Å². The van der Waals surface area contributed by atoms with E-state index < -0.39 is 21.7 Å². The van der Waals surface area contributed by atoms with Gasteiger partial charge in [0.15, 0.2) is 11.6 Å². The highest BCUT2D eigenvalue weighted by atomic mass is 32.2. The van der Waals surface area contributed by atoms with Crippen LogP contribution in [0.5, 0.6) is 5.75 Å². The predicted octanol–water partition coefficient (Wildman–Crippen LogP) is 3.47. The zero-order valence-electron chi connectivity index (χ0n) is 12.1. The largest absolute Gasteiger partial charge is 0.489 e. The van der Waals surface area contributed by atoms with Crippen LogP contribution in [0.25, 0.3) is 0 Å². The van der Waals surface area contributed by atoms with Crippen LogP contribution in [0.1, 0.15) is 12.5 Å². The van der Waals surface area contributed by atoms with Crippen LogP contribution < -0.4 is 9.46 Å². The first-order valence-electron chi connectivity index (χ1n) is 6.55. The molecule has 0 saturated carbocycles. The van der Waals surface area contributed by atoms with Gasteiger partial charge in [-0.15, -0.1) is 0 Å². The van der Waals surface area contributed by atoms with Crippen molar-refractivity contribution >= 4 is 15.7 Å². The van der Waals surface area contributed by atoms with Gasteiger partial charge in [0.2, 0.25) is 0 Å². The molecule has 22 heavy (non-hydrogen) atoms. The lowest BCUT2D eigenvalue weighted by Crippen LogP contribution is -2.14. The summed E-state index contributed by atoms with van der Waals surface area (Å²) >= 11 is 0. The van der Waals surface area contributed by atoms with Gasteiger partial charge in [0.25, 0.3) is 10.0 Å². The van der Waals surface area contributed by atoms with Crippen LogP contribution in [0, 0.1) is 18.6 Å².